The second kappa shape index (κ2) is 7.18. The molecule has 0 atom stereocenters. The van der Waals surface area contributed by atoms with Crippen LogP contribution in [0.4, 0.5) is 5.69 Å². The van der Waals surface area contributed by atoms with Gasteiger partial charge in [0.2, 0.25) is 0 Å². The van der Waals surface area contributed by atoms with Gasteiger partial charge in [-0.25, -0.2) is 4.99 Å². The zero-order valence-corrected chi connectivity index (χ0v) is 17.0. The normalized spacial score (nSPS) is 19.4. The number of aryl methyl sites for hydroxylation is 1. The second-order valence-corrected chi connectivity index (χ2v) is 8.09. The molecule has 3 rings (SSSR count). The Morgan fingerprint density at radius 2 is 2.15 bits per heavy atom. The van der Waals surface area contributed by atoms with Crippen LogP contribution in [0.15, 0.2) is 46.9 Å². The molecule has 144 valence electrons. The summed E-state index contributed by atoms with van der Waals surface area (Å²) in [4.78, 5) is 19.8. The van der Waals surface area contributed by atoms with Crippen molar-refractivity contribution < 1.29 is 4.79 Å². The molecule has 1 aromatic heterocycles. The van der Waals surface area contributed by atoms with Crippen molar-refractivity contribution >= 4 is 17.3 Å². The first-order valence-corrected chi connectivity index (χ1v) is 9.46. The molecule has 0 saturated heterocycles. The van der Waals surface area contributed by atoms with Gasteiger partial charge in [-0.15, -0.1) is 0 Å². The Labute approximate surface area is 161 Å². The monoisotopic (exact) mass is 367 g/mol. The van der Waals surface area contributed by atoms with Crippen LogP contribution in [0.25, 0.3) is 0 Å². The molecule has 0 spiro atoms. The quantitative estimate of drug-likeness (QED) is 0.892. The number of hydrogen-bond acceptors (Lipinski definition) is 4. The molecule has 1 amide bonds. The molecule has 1 aliphatic heterocycles. The van der Waals surface area contributed by atoms with Crippen LogP contribution in [0, 0.1) is 0 Å². The van der Waals surface area contributed by atoms with E-state index in [1.165, 1.54) is 5.69 Å². The molecule has 2 aliphatic rings. The molecule has 1 aromatic rings. The van der Waals surface area contributed by atoms with E-state index in [1.807, 2.05) is 57.8 Å². The van der Waals surface area contributed by atoms with Gasteiger partial charge in [-0.1, -0.05) is 12.7 Å². The fraction of sp³-hybridized carbons (Fsp3) is 0.476. The highest BCUT2D eigenvalue weighted by molar-refractivity contribution is 6.30. The summed E-state index contributed by atoms with van der Waals surface area (Å²) in [6, 6.07) is 0. The van der Waals surface area contributed by atoms with Crippen molar-refractivity contribution in [3.63, 3.8) is 0 Å². The zero-order chi connectivity index (χ0) is 19.8. The van der Waals surface area contributed by atoms with E-state index in [1.54, 1.807) is 0 Å². The first kappa shape index (κ1) is 19.1. The summed E-state index contributed by atoms with van der Waals surface area (Å²) in [5.74, 6) is 0.729. The van der Waals surface area contributed by atoms with E-state index in [-0.39, 0.29) is 11.4 Å². The van der Waals surface area contributed by atoms with Gasteiger partial charge in [0.15, 0.2) is 0 Å². The number of anilines is 1. The maximum absolute atomic E-state index is 12.7. The molecule has 0 unspecified atom stereocenters. The van der Waals surface area contributed by atoms with Crippen LogP contribution in [-0.4, -0.2) is 33.5 Å². The molecule has 27 heavy (non-hydrogen) atoms. The van der Waals surface area contributed by atoms with Gasteiger partial charge in [0.1, 0.15) is 5.82 Å². The van der Waals surface area contributed by atoms with Crippen molar-refractivity contribution in [1.82, 2.24) is 15.1 Å². The van der Waals surface area contributed by atoms with Crippen molar-refractivity contribution in [2.24, 2.45) is 12.0 Å². The van der Waals surface area contributed by atoms with Gasteiger partial charge in [-0.05, 0) is 58.6 Å². The summed E-state index contributed by atoms with van der Waals surface area (Å²) < 4.78 is 1.93. The summed E-state index contributed by atoms with van der Waals surface area (Å²) in [6.07, 6.45) is 8.51. The largest absolute Gasteiger partial charge is 0.347 e. The van der Waals surface area contributed by atoms with Crippen molar-refractivity contribution in [3.8, 4) is 0 Å². The molecule has 0 aromatic carbocycles. The van der Waals surface area contributed by atoms with Crippen molar-refractivity contribution in [2.45, 2.75) is 52.5 Å². The Bertz CT molecular complexity index is 864. The minimum Gasteiger partial charge on any atom is -0.347 e. The fourth-order valence-corrected chi connectivity index (χ4v) is 3.48. The molecule has 6 nitrogen and oxygen atoms in total. The summed E-state index contributed by atoms with van der Waals surface area (Å²) in [5.41, 5.74) is 4.17. The van der Waals surface area contributed by atoms with E-state index in [2.05, 4.69) is 21.9 Å². The maximum Gasteiger partial charge on any atom is 0.253 e. The highest BCUT2D eigenvalue weighted by Gasteiger charge is 2.28. The topological polar surface area (TPSA) is 62.5 Å². The number of nitrogens with one attached hydrogen (secondary N) is 1. The lowest BCUT2D eigenvalue weighted by Gasteiger charge is -2.29. The number of allylic oxidation sites excluding steroid dienone is 3. The van der Waals surface area contributed by atoms with Crippen molar-refractivity contribution in [3.05, 3.63) is 47.6 Å². The third kappa shape index (κ3) is 3.89. The predicted molar refractivity (Wildman–Crippen MR) is 110 cm³/mol. The highest BCUT2D eigenvalue weighted by atomic mass is 16.1. The average Bonchev–Trinajstić information content (AvgIpc) is 3.15. The van der Waals surface area contributed by atoms with Crippen molar-refractivity contribution in [1.29, 1.82) is 0 Å². The first-order chi connectivity index (χ1) is 12.7. The smallest absolute Gasteiger partial charge is 0.253 e. The molecule has 0 saturated carbocycles. The third-order valence-electron chi connectivity index (χ3n) is 4.76. The molecular formula is C21H29N5O. The van der Waals surface area contributed by atoms with Gasteiger partial charge in [0.05, 0.1) is 28.9 Å². The van der Waals surface area contributed by atoms with Gasteiger partial charge in [-0.3, -0.25) is 9.48 Å². The van der Waals surface area contributed by atoms with Crippen molar-refractivity contribution in [2.75, 3.05) is 11.4 Å². The van der Waals surface area contributed by atoms with E-state index in [0.29, 0.717) is 17.7 Å². The van der Waals surface area contributed by atoms with Crippen LogP contribution in [0.3, 0.4) is 0 Å². The van der Waals surface area contributed by atoms with E-state index in [9.17, 15) is 4.79 Å². The van der Waals surface area contributed by atoms with E-state index >= 15 is 0 Å². The highest BCUT2D eigenvalue weighted by Crippen LogP contribution is 2.31. The summed E-state index contributed by atoms with van der Waals surface area (Å²) in [7, 11) is 1.97. The van der Waals surface area contributed by atoms with Gasteiger partial charge in [0.25, 0.3) is 5.91 Å². The standard InChI is InChI=1S/C21H29N5O/c1-7-18(26-12-8-9-16-17(26)13-22-25(16)6)23-19-14(2)10-11-15(19)20(27)24-21(3,4)5/h7,11,13H,2,8-10,12H2,1,3-6H3,(H,24,27). The number of carbonyl (C=O) groups excluding carboxylic acids is 1. The van der Waals surface area contributed by atoms with E-state index in [0.717, 1.165) is 36.5 Å². The van der Waals surface area contributed by atoms with Gasteiger partial charge >= 0.3 is 0 Å². The molecule has 1 aliphatic carbocycles. The Balaban J connectivity index is 1.92. The lowest BCUT2D eigenvalue weighted by molar-refractivity contribution is -0.118. The number of nitrogens with zero attached hydrogens (tertiary/aromatic N) is 4. The molecular weight excluding hydrogens is 338 g/mol. The number of carbonyl (C=O) groups is 1. The van der Waals surface area contributed by atoms with E-state index in [4.69, 9.17) is 4.99 Å². The second-order valence-electron chi connectivity index (χ2n) is 8.09. The predicted octanol–water partition coefficient (Wildman–Crippen LogP) is 3.28. The fourth-order valence-electron chi connectivity index (χ4n) is 3.48. The number of fused-ring (bicyclic) bond motifs is 1. The number of amides is 1. The van der Waals surface area contributed by atoms with Gasteiger partial charge in [-0.2, -0.15) is 5.10 Å². The minimum atomic E-state index is -0.298. The molecule has 1 N–H and O–H groups in total. The maximum atomic E-state index is 12.7. The van der Waals surface area contributed by atoms with Crippen LogP contribution in [-0.2, 0) is 18.3 Å². The number of aromatic nitrogens is 2. The first-order valence-electron chi connectivity index (χ1n) is 9.46. The minimum absolute atomic E-state index is 0.101. The van der Waals surface area contributed by atoms with Gasteiger partial charge in [0, 0.05) is 19.1 Å². The SMILES string of the molecule is C=C1CC=C(C(=O)NC(C)(C)C)C1=NC(=CC)N1CCCc2c1cnn2C. The van der Waals surface area contributed by atoms with E-state index < -0.39 is 0 Å². The van der Waals surface area contributed by atoms with Crippen LogP contribution in [0.5, 0.6) is 0 Å². The Hall–Kier alpha value is -2.63. The van der Waals surface area contributed by atoms with Crippen LogP contribution in [0.2, 0.25) is 0 Å². The third-order valence-corrected chi connectivity index (χ3v) is 4.76. The Morgan fingerprint density at radius 3 is 2.81 bits per heavy atom. The molecule has 0 fully saturated rings. The Kier molecular flexibility index (Phi) is 5.09. The number of aliphatic imine (C=N–C) groups is 1. The summed E-state index contributed by atoms with van der Waals surface area (Å²) in [6.45, 7) is 12.9. The zero-order valence-electron chi connectivity index (χ0n) is 17.0. The summed E-state index contributed by atoms with van der Waals surface area (Å²) >= 11 is 0. The average molecular weight is 367 g/mol. The van der Waals surface area contributed by atoms with Crippen LogP contribution in [0.1, 0.15) is 46.2 Å². The van der Waals surface area contributed by atoms with Crippen LogP contribution >= 0.6 is 0 Å². The molecule has 0 radical (unpaired) electrons. The lowest BCUT2D eigenvalue weighted by Crippen LogP contribution is -2.42. The Morgan fingerprint density at radius 1 is 1.41 bits per heavy atom. The molecule has 6 heteroatoms. The van der Waals surface area contributed by atoms with Crippen LogP contribution < -0.4 is 10.2 Å². The van der Waals surface area contributed by atoms with Gasteiger partial charge < -0.3 is 10.2 Å². The number of hydrogen-bond donors (Lipinski definition) is 1. The number of rotatable bonds is 3. The molecule has 0 bridgehead atoms. The molecule has 2 heterocycles. The lowest BCUT2D eigenvalue weighted by atomic mass is 10.1. The summed E-state index contributed by atoms with van der Waals surface area (Å²) in [5, 5.41) is 7.43.